The predicted molar refractivity (Wildman–Crippen MR) is 113 cm³/mol. The van der Waals surface area contributed by atoms with Crippen LogP contribution in [0.5, 0.6) is 0 Å². The lowest BCUT2D eigenvalue weighted by Gasteiger charge is -2.18. The molecule has 2 aromatic carbocycles. The van der Waals surface area contributed by atoms with Crippen LogP contribution in [0.1, 0.15) is 20.3 Å². The third kappa shape index (κ3) is 3.55. The van der Waals surface area contributed by atoms with Gasteiger partial charge in [0.25, 0.3) is 0 Å². The maximum absolute atomic E-state index is 4.90. The highest BCUT2D eigenvalue weighted by molar-refractivity contribution is 6.08. The minimum absolute atomic E-state index is 0.821. The largest absolute Gasteiger partial charge is 0.368 e. The van der Waals surface area contributed by atoms with E-state index in [2.05, 4.69) is 30.1 Å². The molecule has 2 heterocycles. The number of hydrogen-bond donors (Lipinski definition) is 1. The van der Waals surface area contributed by atoms with Crippen molar-refractivity contribution >= 4 is 38.8 Å². The second-order valence-corrected chi connectivity index (χ2v) is 6.69. The van der Waals surface area contributed by atoms with Gasteiger partial charge in [-0.05, 0) is 44.3 Å². The van der Waals surface area contributed by atoms with E-state index < -0.39 is 0 Å². The lowest BCUT2D eigenvalue weighted by Crippen LogP contribution is -2.25. The van der Waals surface area contributed by atoms with Gasteiger partial charge >= 0.3 is 0 Å². The highest BCUT2D eigenvalue weighted by Gasteiger charge is 2.12. The van der Waals surface area contributed by atoms with Crippen molar-refractivity contribution in [3.63, 3.8) is 0 Å². The van der Waals surface area contributed by atoms with Gasteiger partial charge in [-0.15, -0.1) is 0 Å². The topological polar surface area (TPSA) is 53.9 Å². The van der Waals surface area contributed by atoms with Crippen LogP contribution in [0.15, 0.2) is 48.5 Å². The zero-order valence-corrected chi connectivity index (χ0v) is 15.9. The van der Waals surface area contributed by atoms with Crippen LogP contribution >= 0.6 is 0 Å². The Bertz CT molecular complexity index is 1070. The zero-order chi connectivity index (χ0) is 18.6. The minimum atomic E-state index is 0.821. The second-order valence-electron chi connectivity index (χ2n) is 6.69. The molecule has 0 amide bonds. The zero-order valence-electron chi connectivity index (χ0n) is 15.9. The first kappa shape index (κ1) is 17.6. The average Bonchev–Trinajstić information content (AvgIpc) is 2.72. The van der Waals surface area contributed by atoms with Crippen molar-refractivity contribution in [1.29, 1.82) is 0 Å². The van der Waals surface area contributed by atoms with Gasteiger partial charge in [0.15, 0.2) is 5.82 Å². The molecule has 0 aliphatic rings. The van der Waals surface area contributed by atoms with Gasteiger partial charge in [-0.3, -0.25) is 0 Å². The van der Waals surface area contributed by atoms with Crippen LogP contribution in [0, 0.1) is 0 Å². The van der Waals surface area contributed by atoms with Crippen molar-refractivity contribution in [2.75, 3.05) is 31.5 Å². The third-order valence-electron chi connectivity index (χ3n) is 5.02. The molecule has 0 saturated heterocycles. The SMILES string of the molecule is CCN(CC)CCCNc1nc2ccccc2c2nc3ccccc3nc12. The Labute approximate surface area is 159 Å². The van der Waals surface area contributed by atoms with Gasteiger partial charge in [0, 0.05) is 11.9 Å². The predicted octanol–water partition coefficient (Wildman–Crippen LogP) is 4.48. The molecule has 0 radical (unpaired) electrons. The molecule has 0 unspecified atom stereocenters. The second kappa shape index (κ2) is 7.84. The first-order valence-electron chi connectivity index (χ1n) is 9.71. The molecule has 0 atom stereocenters. The van der Waals surface area contributed by atoms with Crippen LogP contribution in [-0.4, -0.2) is 46.0 Å². The molecule has 5 nitrogen and oxygen atoms in total. The molecule has 27 heavy (non-hydrogen) atoms. The first-order chi connectivity index (χ1) is 13.3. The molecule has 4 rings (SSSR count). The third-order valence-corrected chi connectivity index (χ3v) is 5.02. The van der Waals surface area contributed by atoms with Crippen LogP contribution in [0.25, 0.3) is 33.0 Å². The molecule has 0 saturated carbocycles. The molecule has 0 bridgehead atoms. The van der Waals surface area contributed by atoms with Crippen molar-refractivity contribution in [2.24, 2.45) is 0 Å². The summed E-state index contributed by atoms with van der Waals surface area (Å²) in [7, 11) is 0. The highest BCUT2D eigenvalue weighted by atomic mass is 15.1. The van der Waals surface area contributed by atoms with Crippen LogP contribution < -0.4 is 5.32 Å². The number of hydrogen-bond acceptors (Lipinski definition) is 5. The summed E-state index contributed by atoms with van der Waals surface area (Å²) in [6.07, 6.45) is 1.07. The fourth-order valence-electron chi connectivity index (χ4n) is 3.47. The summed E-state index contributed by atoms with van der Waals surface area (Å²) in [5, 5.41) is 4.55. The number of nitrogens with one attached hydrogen (secondary N) is 1. The van der Waals surface area contributed by atoms with E-state index in [1.165, 1.54) is 0 Å². The van der Waals surface area contributed by atoms with Crippen molar-refractivity contribution in [1.82, 2.24) is 19.9 Å². The van der Waals surface area contributed by atoms with E-state index in [1.54, 1.807) is 0 Å². The van der Waals surface area contributed by atoms with E-state index in [-0.39, 0.29) is 0 Å². The summed E-state index contributed by atoms with van der Waals surface area (Å²) in [4.78, 5) is 17.0. The van der Waals surface area contributed by atoms with E-state index in [0.717, 1.165) is 71.4 Å². The summed E-state index contributed by atoms with van der Waals surface area (Å²) < 4.78 is 0. The van der Waals surface area contributed by atoms with Crippen LogP contribution in [0.4, 0.5) is 5.82 Å². The van der Waals surface area contributed by atoms with Gasteiger partial charge in [0.2, 0.25) is 0 Å². The monoisotopic (exact) mass is 359 g/mol. The normalized spacial score (nSPS) is 11.7. The first-order valence-corrected chi connectivity index (χ1v) is 9.71. The maximum atomic E-state index is 4.90. The molecule has 0 aliphatic carbocycles. The van der Waals surface area contributed by atoms with Gasteiger partial charge in [0.1, 0.15) is 11.0 Å². The molecule has 2 aromatic heterocycles. The number of nitrogens with zero attached hydrogens (tertiary/aromatic N) is 4. The smallest absolute Gasteiger partial charge is 0.154 e. The summed E-state index contributed by atoms with van der Waals surface area (Å²) in [6.45, 7) is 8.54. The quantitative estimate of drug-likeness (QED) is 0.300. The molecule has 0 spiro atoms. The van der Waals surface area contributed by atoms with Gasteiger partial charge < -0.3 is 10.2 Å². The van der Waals surface area contributed by atoms with E-state index in [1.807, 2.05) is 42.5 Å². The minimum Gasteiger partial charge on any atom is -0.368 e. The Morgan fingerprint density at radius 2 is 1.41 bits per heavy atom. The fourth-order valence-corrected chi connectivity index (χ4v) is 3.47. The summed E-state index contributed by atoms with van der Waals surface area (Å²) in [6, 6.07) is 16.1. The average molecular weight is 359 g/mol. The number of benzene rings is 2. The van der Waals surface area contributed by atoms with Crippen molar-refractivity contribution < 1.29 is 0 Å². The standard InChI is InChI=1S/C22H25N5/c1-3-27(4-2)15-9-14-23-22-21-20(16-10-5-6-11-17(16)26-22)24-18-12-7-8-13-19(18)25-21/h5-8,10-13H,3-4,9,14-15H2,1-2H3,(H,23,26). The Morgan fingerprint density at radius 1 is 0.778 bits per heavy atom. The maximum Gasteiger partial charge on any atom is 0.154 e. The lowest BCUT2D eigenvalue weighted by atomic mass is 10.1. The molecule has 1 N–H and O–H groups in total. The van der Waals surface area contributed by atoms with Crippen molar-refractivity contribution in [3.8, 4) is 0 Å². The van der Waals surface area contributed by atoms with Gasteiger partial charge in [-0.1, -0.05) is 44.2 Å². The van der Waals surface area contributed by atoms with Gasteiger partial charge in [-0.2, -0.15) is 0 Å². The summed E-state index contributed by atoms with van der Waals surface area (Å²) >= 11 is 0. The molecular formula is C22H25N5. The molecule has 5 heteroatoms. The Hall–Kier alpha value is -2.79. The molecule has 0 aliphatic heterocycles. The Balaban J connectivity index is 1.73. The van der Waals surface area contributed by atoms with Gasteiger partial charge in [-0.25, -0.2) is 15.0 Å². The Morgan fingerprint density at radius 3 is 2.11 bits per heavy atom. The lowest BCUT2D eigenvalue weighted by molar-refractivity contribution is 0.303. The highest BCUT2D eigenvalue weighted by Crippen LogP contribution is 2.28. The number of para-hydroxylation sites is 3. The van der Waals surface area contributed by atoms with E-state index in [0.29, 0.717) is 0 Å². The van der Waals surface area contributed by atoms with E-state index in [4.69, 9.17) is 15.0 Å². The number of pyridine rings is 1. The number of rotatable bonds is 7. The fraction of sp³-hybridized carbons (Fsp3) is 0.318. The number of fused-ring (bicyclic) bond motifs is 4. The molecule has 4 aromatic rings. The van der Waals surface area contributed by atoms with Crippen molar-refractivity contribution in [3.05, 3.63) is 48.5 Å². The van der Waals surface area contributed by atoms with E-state index >= 15 is 0 Å². The van der Waals surface area contributed by atoms with Crippen LogP contribution in [0.2, 0.25) is 0 Å². The summed E-state index contributed by atoms with van der Waals surface area (Å²) in [5.74, 6) is 0.821. The van der Waals surface area contributed by atoms with Crippen LogP contribution in [-0.2, 0) is 0 Å². The Kier molecular flexibility index (Phi) is 5.12. The molecule has 0 fully saturated rings. The van der Waals surface area contributed by atoms with E-state index in [9.17, 15) is 0 Å². The van der Waals surface area contributed by atoms with Crippen LogP contribution in [0.3, 0.4) is 0 Å². The molecule has 138 valence electrons. The summed E-state index contributed by atoms with van der Waals surface area (Å²) in [5.41, 5.74) is 4.50. The molecular weight excluding hydrogens is 334 g/mol. The van der Waals surface area contributed by atoms with Crippen molar-refractivity contribution in [2.45, 2.75) is 20.3 Å². The van der Waals surface area contributed by atoms with Gasteiger partial charge in [0.05, 0.1) is 16.6 Å². The number of anilines is 1. The number of aromatic nitrogens is 3.